The Morgan fingerprint density at radius 1 is 1.05 bits per heavy atom. The number of hydrogen-bond acceptors (Lipinski definition) is 2. The molecule has 0 bridgehead atoms. The van der Waals surface area contributed by atoms with Gasteiger partial charge in [0.15, 0.2) is 0 Å². The molecule has 2 nitrogen and oxygen atoms in total. The van der Waals surface area contributed by atoms with Crippen LogP contribution in [-0.2, 0) is 0 Å². The van der Waals surface area contributed by atoms with Gasteiger partial charge in [0, 0.05) is 0 Å². The van der Waals surface area contributed by atoms with Gasteiger partial charge in [-0.15, -0.1) is 12.4 Å². The van der Waals surface area contributed by atoms with Crippen LogP contribution < -0.4 is 10.5 Å². The zero-order chi connectivity index (χ0) is 14.8. The van der Waals surface area contributed by atoms with Crippen LogP contribution in [0, 0.1) is 0 Å². The van der Waals surface area contributed by atoms with Gasteiger partial charge >= 0.3 is 18.7 Å². The number of rotatable bonds is 4. The van der Waals surface area contributed by atoms with E-state index in [1.54, 1.807) is 0 Å². The van der Waals surface area contributed by atoms with E-state index in [2.05, 4.69) is 4.74 Å². The van der Waals surface area contributed by atoms with Crippen molar-refractivity contribution in [3.8, 4) is 5.75 Å². The van der Waals surface area contributed by atoms with Crippen molar-refractivity contribution >= 4 is 12.4 Å². The van der Waals surface area contributed by atoms with Crippen molar-refractivity contribution in [2.24, 2.45) is 5.73 Å². The third-order valence-electron chi connectivity index (χ3n) is 2.21. The molecule has 1 aromatic carbocycles. The van der Waals surface area contributed by atoms with Crippen molar-refractivity contribution < 1.29 is 35.5 Å². The Hall–Kier alpha value is -1.22. The lowest BCUT2D eigenvalue weighted by atomic mass is 10.0. The molecule has 2 N–H and O–H groups in total. The van der Waals surface area contributed by atoms with Gasteiger partial charge in [-0.3, -0.25) is 0 Å². The maximum absolute atomic E-state index is 13.0. The Labute approximate surface area is 115 Å². The van der Waals surface area contributed by atoms with Crippen molar-refractivity contribution in [3.63, 3.8) is 0 Å². The molecule has 0 unspecified atom stereocenters. The van der Waals surface area contributed by atoms with Crippen LogP contribution in [0.3, 0.4) is 0 Å². The molecule has 0 aliphatic carbocycles. The molecule has 20 heavy (non-hydrogen) atoms. The summed E-state index contributed by atoms with van der Waals surface area (Å²) in [6, 6.07) is 0.723. The fraction of sp³-hybridized carbons (Fsp3) is 0.400. The Morgan fingerprint density at radius 3 is 2.05 bits per heavy atom. The van der Waals surface area contributed by atoms with E-state index in [-0.39, 0.29) is 12.4 Å². The Bertz CT molecular complexity index is 438. The third-order valence-corrected chi connectivity index (χ3v) is 2.21. The van der Waals surface area contributed by atoms with Crippen molar-refractivity contribution in [2.45, 2.75) is 24.8 Å². The molecule has 0 heterocycles. The van der Waals surface area contributed by atoms with Crippen LogP contribution in [-0.4, -0.2) is 18.7 Å². The first-order chi connectivity index (χ1) is 8.55. The molecular formula is C10H9ClF7NO. The van der Waals surface area contributed by atoms with Crippen LogP contribution in [0.15, 0.2) is 24.3 Å². The number of alkyl halides is 7. The first kappa shape index (κ1) is 18.8. The van der Waals surface area contributed by atoms with E-state index in [0.29, 0.717) is 6.07 Å². The van der Waals surface area contributed by atoms with Gasteiger partial charge in [0.25, 0.3) is 0 Å². The van der Waals surface area contributed by atoms with Crippen molar-refractivity contribution in [2.75, 3.05) is 0 Å². The summed E-state index contributed by atoms with van der Waals surface area (Å²) < 4.78 is 89.9. The van der Waals surface area contributed by atoms with Gasteiger partial charge in [-0.05, 0) is 17.7 Å². The number of benzene rings is 1. The molecule has 0 amide bonds. The Balaban J connectivity index is 0.00000361. The highest BCUT2D eigenvalue weighted by Crippen LogP contribution is 2.43. The average molecular weight is 328 g/mol. The Kier molecular flexibility index (Phi) is 6.09. The predicted octanol–water partition coefficient (Wildman–Crippen LogP) is 3.91. The average Bonchev–Trinajstić information content (AvgIpc) is 2.25. The molecule has 0 aromatic heterocycles. The van der Waals surface area contributed by atoms with E-state index in [1.807, 2.05) is 0 Å². The third kappa shape index (κ3) is 4.14. The molecule has 1 aromatic rings. The molecule has 10 heteroatoms. The number of halogens is 8. The Morgan fingerprint density at radius 2 is 1.60 bits per heavy atom. The summed E-state index contributed by atoms with van der Waals surface area (Å²) >= 11 is 0. The van der Waals surface area contributed by atoms with Crippen LogP contribution in [0.1, 0.15) is 11.6 Å². The standard InChI is InChI=1S/C10H8F7NO.ClH/c11-8(12)19-6-3-1-2-5(4-6)7(18)9(13,14)10(15,16)17;/h1-4,7-8H,18H2;1H/t7-;/m1./s1. The number of ether oxygens (including phenoxy) is 1. The van der Waals surface area contributed by atoms with Crippen LogP contribution >= 0.6 is 12.4 Å². The van der Waals surface area contributed by atoms with Gasteiger partial charge < -0.3 is 10.5 Å². The summed E-state index contributed by atoms with van der Waals surface area (Å²) in [7, 11) is 0. The molecule has 0 spiro atoms. The lowest BCUT2D eigenvalue weighted by molar-refractivity contribution is -0.291. The van der Waals surface area contributed by atoms with E-state index >= 15 is 0 Å². The van der Waals surface area contributed by atoms with E-state index < -0.39 is 36.1 Å². The first-order valence-electron chi connectivity index (χ1n) is 4.80. The van der Waals surface area contributed by atoms with Gasteiger partial charge in [-0.2, -0.15) is 30.7 Å². The van der Waals surface area contributed by atoms with E-state index in [1.165, 1.54) is 0 Å². The zero-order valence-electron chi connectivity index (χ0n) is 9.50. The van der Waals surface area contributed by atoms with E-state index in [0.717, 1.165) is 18.2 Å². The molecule has 0 radical (unpaired) electrons. The second kappa shape index (κ2) is 6.49. The maximum Gasteiger partial charge on any atom is 0.455 e. The SMILES string of the molecule is Cl.N[C@H](c1cccc(OC(F)F)c1)C(F)(F)C(F)(F)F. The lowest BCUT2D eigenvalue weighted by Gasteiger charge is -2.26. The lowest BCUT2D eigenvalue weighted by Crippen LogP contribution is -2.45. The summed E-state index contributed by atoms with van der Waals surface area (Å²) in [5.74, 6) is -5.74. The van der Waals surface area contributed by atoms with Crippen molar-refractivity contribution in [1.29, 1.82) is 0 Å². The van der Waals surface area contributed by atoms with Crippen molar-refractivity contribution in [1.82, 2.24) is 0 Å². The molecule has 1 atom stereocenters. The summed E-state index contributed by atoms with van der Waals surface area (Å²) in [4.78, 5) is 0. The molecule has 0 aliphatic heterocycles. The molecule has 0 fully saturated rings. The van der Waals surface area contributed by atoms with Gasteiger partial charge in [0.05, 0.1) is 0 Å². The fourth-order valence-corrected chi connectivity index (χ4v) is 1.27. The predicted molar refractivity (Wildman–Crippen MR) is 58.3 cm³/mol. The molecule has 116 valence electrons. The van der Waals surface area contributed by atoms with Gasteiger partial charge in [-0.1, -0.05) is 12.1 Å². The summed E-state index contributed by atoms with van der Waals surface area (Å²) in [6.45, 7) is -3.23. The van der Waals surface area contributed by atoms with Crippen LogP contribution in [0.5, 0.6) is 5.75 Å². The maximum atomic E-state index is 13.0. The smallest absolute Gasteiger partial charge is 0.435 e. The first-order valence-corrected chi connectivity index (χ1v) is 4.80. The minimum atomic E-state index is -5.84. The van der Waals surface area contributed by atoms with Crippen LogP contribution in [0.2, 0.25) is 0 Å². The van der Waals surface area contributed by atoms with Crippen LogP contribution in [0.25, 0.3) is 0 Å². The minimum absolute atomic E-state index is 0. The van der Waals surface area contributed by atoms with Gasteiger partial charge in [-0.25, -0.2) is 0 Å². The second-order valence-electron chi connectivity index (χ2n) is 3.55. The normalized spacial score (nSPS) is 13.8. The summed E-state index contributed by atoms with van der Waals surface area (Å²) in [6.07, 6.45) is -5.84. The second-order valence-corrected chi connectivity index (χ2v) is 3.55. The quantitative estimate of drug-likeness (QED) is 0.851. The highest BCUT2D eigenvalue weighted by Gasteiger charge is 2.61. The van der Waals surface area contributed by atoms with Gasteiger partial charge in [0.2, 0.25) is 0 Å². The number of hydrogen-bond donors (Lipinski definition) is 1. The molecule has 0 aliphatic rings. The van der Waals surface area contributed by atoms with E-state index in [9.17, 15) is 30.7 Å². The molecule has 1 rings (SSSR count). The highest BCUT2D eigenvalue weighted by molar-refractivity contribution is 5.85. The molecule has 0 saturated heterocycles. The van der Waals surface area contributed by atoms with Gasteiger partial charge in [0.1, 0.15) is 11.8 Å². The van der Waals surface area contributed by atoms with E-state index in [4.69, 9.17) is 5.73 Å². The largest absolute Gasteiger partial charge is 0.455 e. The summed E-state index contributed by atoms with van der Waals surface area (Å²) in [5.41, 5.74) is 4.18. The minimum Gasteiger partial charge on any atom is -0.435 e. The molecular weight excluding hydrogens is 319 g/mol. The fourth-order valence-electron chi connectivity index (χ4n) is 1.27. The molecule has 0 saturated carbocycles. The summed E-state index contributed by atoms with van der Waals surface area (Å²) in [5, 5.41) is 0. The topological polar surface area (TPSA) is 35.2 Å². The highest BCUT2D eigenvalue weighted by atomic mass is 35.5. The van der Waals surface area contributed by atoms with Crippen LogP contribution in [0.4, 0.5) is 30.7 Å². The van der Waals surface area contributed by atoms with Crippen molar-refractivity contribution in [3.05, 3.63) is 29.8 Å². The number of nitrogens with two attached hydrogens (primary N) is 1. The zero-order valence-corrected chi connectivity index (χ0v) is 10.3. The monoisotopic (exact) mass is 327 g/mol.